The van der Waals surface area contributed by atoms with E-state index in [-0.39, 0.29) is 39.9 Å². The summed E-state index contributed by atoms with van der Waals surface area (Å²) in [4.78, 5) is 12.7. The molecule has 49 heavy (non-hydrogen) atoms. The maximum absolute atomic E-state index is 9.32. The number of methoxy groups -OCH3 is 3. The summed E-state index contributed by atoms with van der Waals surface area (Å²) in [5.74, 6) is 4.46. The third-order valence-corrected chi connectivity index (χ3v) is 7.31. The first-order valence-corrected chi connectivity index (χ1v) is 14.8. The average molecular weight is 844 g/mol. The van der Waals surface area contributed by atoms with Crippen LogP contribution in [0.3, 0.4) is 0 Å². The Labute approximate surface area is 299 Å². The summed E-state index contributed by atoms with van der Waals surface area (Å²) in [5, 5.41) is 27.6. The fourth-order valence-electron chi connectivity index (χ4n) is 4.72. The predicted molar refractivity (Wildman–Crippen MR) is 180 cm³/mol. The summed E-state index contributed by atoms with van der Waals surface area (Å²) >= 11 is 0. The van der Waals surface area contributed by atoms with Gasteiger partial charge in [-0.25, -0.2) is 0 Å². The molecule has 258 valence electrons. The van der Waals surface area contributed by atoms with Gasteiger partial charge in [-0.15, -0.1) is 64.7 Å². The van der Waals surface area contributed by atoms with Crippen molar-refractivity contribution in [1.82, 2.24) is 28.7 Å². The standard InChI is InChI=1S/3C12H13N2O2.Ir/c1-14-7-6-13-12(14)10-5-4-9(15-2)8-11(10)16-3;1-14-6-5-13-12(14)11-4-3-10(16-2)7-9(11)8-15;1-14-5-4-13-12(14)11-3-2-9(7-15)6-10(11)8-16;/h4,6-8H,1-3H3;3,5-7,15H,8H2,1-2H3;2,4-6,15-16H,7-8H2,1H3;/q3*-1;+3. The van der Waals surface area contributed by atoms with Gasteiger partial charge < -0.3 is 43.2 Å². The van der Waals surface area contributed by atoms with Crippen LogP contribution in [-0.2, 0) is 61.1 Å². The normalized spacial score (nSPS) is 10.2. The van der Waals surface area contributed by atoms with Crippen LogP contribution < -0.4 is 14.2 Å². The monoisotopic (exact) mass is 844 g/mol. The number of benzene rings is 3. The second-order valence-electron chi connectivity index (χ2n) is 10.4. The van der Waals surface area contributed by atoms with E-state index in [4.69, 9.17) is 19.3 Å². The maximum atomic E-state index is 9.32. The number of imidazole rings is 3. The smallest absolute Gasteiger partial charge is 0.540 e. The van der Waals surface area contributed by atoms with Crippen molar-refractivity contribution >= 4 is 0 Å². The minimum atomic E-state index is -0.0907. The van der Waals surface area contributed by atoms with Gasteiger partial charge in [-0.1, -0.05) is 23.3 Å². The summed E-state index contributed by atoms with van der Waals surface area (Å²) in [6, 6.07) is 19.8. The first-order chi connectivity index (χ1) is 23.3. The predicted octanol–water partition coefficient (Wildman–Crippen LogP) is 4.16. The molecule has 3 aromatic carbocycles. The van der Waals surface area contributed by atoms with E-state index in [0.717, 1.165) is 56.6 Å². The van der Waals surface area contributed by atoms with Gasteiger partial charge in [0.1, 0.15) is 0 Å². The molecule has 0 atom stereocenters. The molecule has 13 heteroatoms. The van der Waals surface area contributed by atoms with Crippen molar-refractivity contribution in [3.63, 3.8) is 0 Å². The zero-order chi connectivity index (χ0) is 34.6. The molecule has 0 aliphatic rings. The zero-order valence-corrected chi connectivity index (χ0v) is 30.5. The molecular formula is C36H39IrN6O6. The van der Waals surface area contributed by atoms with Gasteiger partial charge in [0, 0.05) is 95.4 Å². The van der Waals surface area contributed by atoms with Gasteiger partial charge in [-0.2, -0.15) is 0 Å². The Kier molecular flexibility index (Phi) is 14.7. The van der Waals surface area contributed by atoms with Crippen LogP contribution in [0.4, 0.5) is 0 Å². The number of rotatable bonds is 9. The minimum absolute atomic E-state index is 0. The fraction of sp³-hybridized carbons (Fsp3) is 0.250. The Balaban J connectivity index is 0.000000197. The summed E-state index contributed by atoms with van der Waals surface area (Å²) in [6.07, 6.45) is 10.7. The van der Waals surface area contributed by atoms with E-state index in [9.17, 15) is 10.2 Å². The molecule has 0 radical (unpaired) electrons. The molecule has 0 saturated heterocycles. The number of aliphatic hydroxyl groups is 3. The number of aromatic nitrogens is 6. The van der Waals surface area contributed by atoms with Gasteiger partial charge in [-0.3, -0.25) is 15.0 Å². The van der Waals surface area contributed by atoms with Gasteiger partial charge in [0.2, 0.25) is 0 Å². The van der Waals surface area contributed by atoms with Crippen LogP contribution >= 0.6 is 0 Å². The second kappa shape index (κ2) is 18.7. The van der Waals surface area contributed by atoms with Gasteiger partial charge in [0.15, 0.2) is 0 Å². The minimum Gasteiger partial charge on any atom is -0.540 e. The summed E-state index contributed by atoms with van der Waals surface area (Å²) in [7, 11) is 10.5. The van der Waals surface area contributed by atoms with Crippen LogP contribution in [0, 0.1) is 18.2 Å². The first-order valence-electron chi connectivity index (χ1n) is 14.8. The zero-order valence-electron chi connectivity index (χ0n) is 28.1. The molecule has 3 aromatic heterocycles. The molecule has 6 aromatic rings. The van der Waals surface area contributed by atoms with Gasteiger partial charge in [0.05, 0.1) is 38.8 Å². The molecule has 12 nitrogen and oxygen atoms in total. The summed E-state index contributed by atoms with van der Waals surface area (Å²) < 4.78 is 21.2. The molecule has 0 aliphatic carbocycles. The number of aryl methyl sites for hydroxylation is 3. The Morgan fingerprint density at radius 1 is 0.571 bits per heavy atom. The quantitative estimate of drug-likeness (QED) is 0.183. The van der Waals surface area contributed by atoms with Crippen molar-refractivity contribution in [2.45, 2.75) is 19.8 Å². The van der Waals surface area contributed by atoms with Crippen LogP contribution in [-0.4, -0.2) is 65.3 Å². The van der Waals surface area contributed by atoms with Crippen LogP contribution in [0.5, 0.6) is 17.2 Å². The second-order valence-corrected chi connectivity index (χ2v) is 10.4. The van der Waals surface area contributed by atoms with Crippen molar-refractivity contribution in [2.24, 2.45) is 21.1 Å². The van der Waals surface area contributed by atoms with Crippen LogP contribution in [0.15, 0.2) is 73.6 Å². The van der Waals surface area contributed by atoms with E-state index in [1.165, 1.54) is 0 Å². The van der Waals surface area contributed by atoms with Gasteiger partial charge in [-0.05, 0) is 0 Å². The SMILES string of the molecule is COc1c[c-]c(-c2nccn2C)c(CO)c1.COc1c[c-]c(-c2nccn2C)c(OC)c1.Cn1ccnc1-c1[c-]cc(CO)cc1CO.[Ir+3]. The Hall–Kier alpha value is -4.78. The van der Waals surface area contributed by atoms with E-state index in [0.29, 0.717) is 11.5 Å². The molecule has 0 amide bonds. The fourth-order valence-corrected chi connectivity index (χ4v) is 4.72. The number of hydrogen-bond donors (Lipinski definition) is 3. The molecular weight excluding hydrogens is 805 g/mol. The molecule has 0 bridgehead atoms. The largest absolute Gasteiger partial charge is 3.00 e. The molecule has 0 fully saturated rings. The van der Waals surface area contributed by atoms with Crippen molar-refractivity contribution < 1.29 is 49.6 Å². The van der Waals surface area contributed by atoms with Gasteiger partial charge in [0.25, 0.3) is 0 Å². The Morgan fingerprint density at radius 3 is 1.41 bits per heavy atom. The summed E-state index contributed by atoms with van der Waals surface area (Å²) in [6.45, 7) is -0.202. The van der Waals surface area contributed by atoms with Crippen molar-refractivity contribution in [1.29, 1.82) is 0 Å². The Bertz CT molecular complexity index is 1700. The van der Waals surface area contributed by atoms with Crippen molar-refractivity contribution in [2.75, 3.05) is 21.3 Å². The molecule has 6 rings (SSSR count). The summed E-state index contributed by atoms with van der Waals surface area (Å²) in [5.41, 5.74) is 4.62. The third kappa shape index (κ3) is 9.44. The number of hydrogen-bond acceptors (Lipinski definition) is 9. The van der Waals surface area contributed by atoms with E-state index in [1.807, 2.05) is 59.5 Å². The molecule has 3 heterocycles. The molecule has 3 N–H and O–H groups in total. The maximum Gasteiger partial charge on any atom is 3.00 e. The van der Waals surface area contributed by atoms with Crippen LogP contribution in [0.2, 0.25) is 0 Å². The van der Waals surface area contributed by atoms with Crippen LogP contribution in [0.1, 0.15) is 16.7 Å². The first kappa shape index (κ1) is 38.7. The van der Waals surface area contributed by atoms with Crippen molar-refractivity contribution in [3.8, 4) is 51.4 Å². The van der Waals surface area contributed by atoms with Crippen molar-refractivity contribution in [3.05, 3.63) is 108 Å². The average Bonchev–Trinajstić information content (AvgIpc) is 3.88. The van der Waals surface area contributed by atoms with E-state index < -0.39 is 0 Å². The third-order valence-electron chi connectivity index (χ3n) is 7.31. The van der Waals surface area contributed by atoms with E-state index in [1.54, 1.807) is 70.3 Å². The van der Waals surface area contributed by atoms with Gasteiger partial charge >= 0.3 is 20.1 Å². The van der Waals surface area contributed by atoms with Crippen LogP contribution in [0.25, 0.3) is 34.2 Å². The number of aliphatic hydroxyl groups excluding tert-OH is 3. The van der Waals surface area contributed by atoms with E-state index in [2.05, 4.69) is 33.2 Å². The topological polar surface area (TPSA) is 142 Å². The number of ether oxygens (including phenoxy) is 3. The molecule has 0 unspecified atom stereocenters. The number of nitrogens with zero attached hydrogens (tertiary/aromatic N) is 6. The molecule has 0 spiro atoms. The van der Waals surface area contributed by atoms with E-state index >= 15 is 0 Å². The molecule has 0 aliphatic heterocycles. The molecule has 0 saturated carbocycles. The Morgan fingerprint density at radius 2 is 1.00 bits per heavy atom.